The molecule has 0 aromatic carbocycles. The smallest absolute Gasteiger partial charge is 0.216 e. The molecule has 0 aliphatic carbocycles. The second-order valence-electron chi connectivity index (χ2n) is 4.03. The van der Waals surface area contributed by atoms with E-state index in [1.807, 2.05) is 14.0 Å². The number of hydrogen-bond acceptors (Lipinski definition) is 3. The molecule has 0 saturated heterocycles. The molecule has 0 atom stereocenters. The summed E-state index contributed by atoms with van der Waals surface area (Å²) in [6.45, 7) is 3.76. The number of hydrogen-bond donors (Lipinski definition) is 1. The average Bonchev–Trinajstić information content (AvgIpc) is 2.58. The number of unbranched alkanes of at least 4 members (excludes halogenated alkanes) is 2. The van der Waals surface area contributed by atoms with Crippen LogP contribution in [0, 0.1) is 19.3 Å². The number of ether oxygens (including phenoxy) is 1. The molecule has 17 heavy (non-hydrogen) atoms. The predicted octanol–water partition coefficient (Wildman–Crippen LogP) is 1.63. The van der Waals surface area contributed by atoms with Crippen molar-refractivity contribution in [3.63, 3.8) is 0 Å². The van der Waals surface area contributed by atoms with Crippen molar-refractivity contribution >= 4 is 0 Å². The van der Waals surface area contributed by atoms with Gasteiger partial charge in [-0.05, 0) is 26.3 Å². The summed E-state index contributed by atoms with van der Waals surface area (Å²) in [4.78, 5) is 0. The fraction of sp³-hybridized carbons (Fsp3) is 0.615. The molecule has 0 aliphatic heterocycles. The van der Waals surface area contributed by atoms with E-state index in [2.05, 4.69) is 16.3 Å². The van der Waals surface area contributed by atoms with Crippen molar-refractivity contribution in [1.29, 1.82) is 0 Å². The Bertz CT molecular complexity index is 390. The van der Waals surface area contributed by atoms with Gasteiger partial charge in [0.2, 0.25) is 5.88 Å². The van der Waals surface area contributed by atoms with Crippen LogP contribution in [0.25, 0.3) is 0 Å². The van der Waals surface area contributed by atoms with E-state index < -0.39 is 0 Å². The van der Waals surface area contributed by atoms with Gasteiger partial charge in [-0.25, -0.2) is 4.68 Å². The third-order valence-corrected chi connectivity index (χ3v) is 2.71. The molecule has 0 unspecified atom stereocenters. The maximum atomic E-state index is 5.33. The van der Waals surface area contributed by atoms with Gasteiger partial charge < -0.3 is 10.1 Å². The number of aryl methyl sites for hydroxylation is 2. The van der Waals surface area contributed by atoms with E-state index >= 15 is 0 Å². The molecule has 1 N–H and O–H groups in total. The van der Waals surface area contributed by atoms with Gasteiger partial charge in [-0.1, -0.05) is 0 Å². The number of terminal acetylenes is 1. The average molecular weight is 235 g/mol. The molecular weight excluding hydrogens is 214 g/mol. The minimum atomic E-state index is 0.791. The van der Waals surface area contributed by atoms with E-state index in [-0.39, 0.29) is 0 Å². The fourth-order valence-corrected chi connectivity index (χ4v) is 1.83. The Labute approximate surface area is 103 Å². The Balaban J connectivity index is 2.39. The Morgan fingerprint density at radius 2 is 2.24 bits per heavy atom. The van der Waals surface area contributed by atoms with Gasteiger partial charge in [0.1, 0.15) is 0 Å². The monoisotopic (exact) mass is 235 g/mol. The van der Waals surface area contributed by atoms with Crippen LogP contribution in [-0.2, 0) is 13.6 Å². The van der Waals surface area contributed by atoms with E-state index in [1.165, 1.54) is 0 Å². The molecule has 1 rings (SSSR count). The first-order valence-electron chi connectivity index (χ1n) is 5.91. The van der Waals surface area contributed by atoms with Gasteiger partial charge >= 0.3 is 0 Å². The van der Waals surface area contributed by atoms with Crippen molar-refractivity contribution in [2.45, 2.75) is 32.7 Å². The molecule has 0 fully saturated rings. The van der Waals surface area contributed by atoms with Crippen molar-refractivity contribution in [1.82, 2.24) is 15.1 Å². The first-order valence-corrected chi connectivity index (χ1v) is 5.91. The van der Waals surface area contributed by atoms with Gasteiger partial charge in [0.15, 0.2) is 0 Å². The van der Waals surface area contributed by atoms with Crippen molar-refractivity contribution in [2.75, 3.05) is 13.7 Å². The van der Waals surface area contributed by atoms with Gasteiger partial charge in [-0.3, -0.25) is 0 Å². The zero-order valence-electron chi connectivity index (χ0n) is 10.9. The van der Waals surface area contributed by atoms with E-state index in [9.17, 15) is 0 Å². The predicted molar refractivity (Wildman–Crippen MR) is 68.9 cm³/mol. The molecule has 0 saturated carbocycles. The zero-order chi connectivity index (χ0) is 12.7. The summed E-state index contributed by atoms with van der Waals surface area (Å²) in [5.41, 5.74) is 2.15. The topological polar surface area (TPSA) is 39.1 Å². The highest BCUT2D eigenvalue weighted by Crippen LogP contribution is 2.20. The molecular formula is C13H21N3O. The number of nitrogens with zero attached hydrogens (tertiary/aromatic N) is 2. The minimum Gasteiger partial charge on any atom is -0.481 e. The molecule has 4 nitrogen and oxygen atoms in total. The van der Waals surface area contributed by atoms with Gasteiger partial charge in [-0.2, -0.15) is 5.10 Å². The number of aromatic nitrogens is 2. The van der Waals surface area contributed by atoms with Gasteiger partial charge in [0.25, 0.3) is 0 Å². The molecule has 1 heterocycles. The van der Waals surface area contributed by atoms with Crippen LogP contribution < -0.4 is 10.1 Å². The van der Waals surface area contributed by atoms with Crippen LogP contribution in [0.1, 0.15) is 30.5 Å². The largest absolute Gasteiger partial charge is 0.481 e. The molecule has 0 amide bonds. The van der Waals surface area contributed by atoms with Gasteiger partial charge in [0.05, 0.1) is 18.4 Å². The zero-order valence-corrected chi connectivity index (χ0v) is 10.9. The quantitative estimate of drug-likeness (QED) is 0.577. The standard InChI is InChI=1S/C13H21N3O/c1-5-6-7-8-9-14-10-12-11(2)15-16(3)13(12)17-4/h1,14H,6-10H2,2-4H3. The molecule has 1 aromatic heterocycles. The third-order valence-electron chi connectivity index (χ3n) is 2.71. The lowest BCUT2D eigenvalue weighted by molar-refractivity contribution is 0.368. The van der Waals surface area contributed by atoms with E-state index in [1.54, 1.807) is 11.8 Å². The summed E-state index contributed by atoms with van der Waals surface area (Å²) in [7, 11) is 3.56. The summed E-state index contributed by atoms with van der Waals surface area (Å²) in [6, 6.07) is 0. The maximum Gasteiger partial charge on any atom is 0.216 e. The second kappa shape index (κ2) is 6.97. The molecule has 0 aliphatic rings. The number of methoxy groups -OCH3 is 1. The summed E-state index contributed by atoms with van der Waals surface area (Å²) in [5.74, 6) is 3.48. The highest BCUT2D eigenvalue weighted by atomic mass is 16.5. The van der Waals surface area contributed by atoms with Crippen LogP contribution in [-0.4, -0.2) is 23.4 Å². The lowest BCUT2D eigenvalue weighted by Crippen LogP contribution is -2.15. The molecule has 0 radical (unpaired) electrons. The first kappa shape index (κ1) is 13.6. The van der Waals surface area contributed by atoms with Crippen LogP contribution in [0.3, 0.4) is 0 Å². The summed E-state index contributed by atoms with van der Waals surface area (Å²) in [6.07, 6.45) is 8.23. The van der Waals surface area contributed by atoms with E-state index in [0.29, 0.717) is 0 Å². The summed E-state index contributed by atoms with van der Waals surface area (Å²) >= 11 is 0. The Morgan fingerprint density at radius 3 is 2.88 bits per heavy atom. The van der Waals surface area contributed by atoms with Crippen LogP contribution in [0.2, 0.25) is 0 Å². The molecule has 0 spiro atoms. The highest BCUT2D eigenvalue weighted by Gasteiger charge is 2.12. The normalized spacial score (nSPS) is 10.2. The van der Waals surface area contributed by atoms with Gasteiger partial charge in [0, 0.05) is 20.0 Å². The number of nitrogens with one attached hydrogen (secondary N) is 1. The lowest BCUT2D eigenvalue weighted by Gasteiger charge is -2.06. The molecule has 4 heteroatoms. The maximum absolute atomic E-state index is 5.33. The van der Waals surface area contributed by atoms with E-state index in [4.69, 9.17) is 11.2 Å². The van der Waals surface area contributed by atoms with Crippen molar-refractivity contribution in [3.05, 3.63) is 11.3 Å². The van der Waals surface area contributed by atoms with Crippen LogP contribution in [0.5, 0.6) is 5.88 Å². The van der Waals surface area contributed by atoms with Gasteiger partial charge in [-0.15, -0.1) is 12.3 Å². The number of rotatable bonds is 7. The molecule has 1 aromatic rings. The Hall–Kier alpha value is -1.47. The second-order valence-corrected chi connectivity index (χ2v) is 4.03. The summed E-state index contributed by atoms with van der Waals surface area (Å²) < 4.78 is 7.10. The third kappa shape index (κ3) is 3.79. The molecule has 94 valence electrons. The lowest BCUT2D eigenvalue weighted by atomic mass is 10.2. The van der Waals surface area contributed by atoms with Crippen LogP contribution in [0.4, 0.5) is 0 Å². The van der Waals surface area contributed by atoms with Crippen LogP contribution in [0.15, 0.2) is 0 Å². The SMILES string of the molecule is C#CCCCCNCc1c(C)nn(C)c1OC. The Kier molecular flexibility index (Phi) is 5.58. The Morgan fingerprint density at radius 1 is 1.47 bits per heavy atom. The first-order chi connectivity index (χ1) is 8.20. The fourth-order valence-electron chi connectivity index (χ4n) is 1.83. The van der Waals surface area contributed by atoms with E-state index in [0.717, 1.165) is 49.5 Å². The van der Waals surface area contributed by atoms with Crippen LogP contribution >= 0.6 is 0 Å². The highest BCUT2D eigenvalue weighted by molar-refractivity contribution is 5.30. The van der Waals surface area contributed by atoms with Crippen molar-refractivity contribution in [3.8, 4) is 18.2 Å². The summed E-state index contributed by atoms with van der Waals surface area (Å²) in [5, 5.41) is 7.72. The molecule has 0 bridgehead atoms. The minimum absolute atomic E-state index is 0.791. The van der Waals surface area contributed by atoms with Crippen molar-refractivity contribution in [2.24, 2.45) is 7.05 Å². The van der Waals surface area contributed by atoms with Crippen molar-refractivity contribution < 1.29 is 4.74 Å².